The van der Waals surface area contributed by atoms with Crippen LogP contribution < -0.4 is 5.32 Å². The molecule has 0 aromatic carbocycles. The number of aliphatic carboxylic acids is 1. The van der Waals surface area contributed by atoms with Crippen LogP contribution in [0.3, 0.4) is 0 Å². The van der Waals surface area contributed by atoms with E-state index in [1.54, 1.807) is 14.0 Å². The van der Waals surface area contributed by atoms with Gasteiger partial charge in [-0.15, -0.1) is 0 Å². The maximum absolute atomic E-state index is 11.3. The molecular weight excluding hydrogens is 262 g/mol. The van der Waals surface area contributed by atoms with Gasteiger partial charge in [-0.2, -0.15) is 0 Å². The van der Waals surface area contributed by atoms with E-state index in [-0.39, 0.29) is 5.04 Å². The van der Waals surface area contributed by atoms with Crippen LogP contribution in [0.15, 0.2) is 0 Å². The first-order valence-corrected chi connectivity index (χ1v) is 9.42. The van der Waals surface area contributed by atoms with Gasteiger partial charge in [-0.25, -0.2) is 0 Å². The summed E-state index contributed by atoms with van der Waals surface area (Å²) in [7, 11) is -0.566. The highest BCUT2D eigenvalue weighted by atomic mass is 28.4. The molecule has 0 aliphatic carbocycles. The minimum atomic E-state index is -2.13. The van der Waals surface area contributed by atoms with Gasteiger partial charge in [0, 0.05) is 5.92 Å². The zero-order chi connectivity index (χ0) is 15.4. The number of likely N-dealkylation sites (N-methyl/N-ethyl adjacent to an activating group) is 1. The third-order valence-corrected chi connectivity index (χ3v) is 8.35. The summed E-state index contributed by atoms with van der Waals surface area (Å²) >= 11 is 0. The van der Waals surface area contributed by atoms with Crippen LogP contribution in [-0.2, 0) is 14.0 Å². The standard InChI is InChI=1S/C13H27NO4Si/c1-9(8-15)11(10(14-5)12(16)17)18-19(6,7)13(2,3)4/h8-11,14H,1-7H3,(H,16,17)/t9-,10+,11+/m0/s1. The molecule has 0 unspecified atom stereocenters. The summed E-state index contributed by atoms with van der Waals surface area (Å²) in [5, 5.41) is 11.9. The van der Waals surface area contributed by atoms with Gasteiger partial charge < -0.3 is 19.6 Å². The predicted molar refractivity (Wildman–Crippen MR) is 77.8 cm³/mol. The number of carbonyl (C=O) groups is 2. The van der Waals surface area contributed by atoms with Crippen LogP contribution in [0.25, 0.3) is 0 Å². The summed E-state index contributed by atoms with van der Waals surface area (Å²) in [6.07, 6.45) is 0.103. The molecule has 6 heteroatoms. The van der Waals surface area contributed by atoms with Gasteiger partial charge in [-0.05, 0) is 25.2 Å². The van der Waals surface area contributed by atoms with Gasteiger partial charge in [-0.3, -0.25) is 4.79 Å². The lowest BCUT2D eigenvalue weighted by Crippen LogP contribution is -2.55. The van der Waals surface area contributed by atoms with Crippen LogP contribution in [0, 0.1) is 5.92 Å². The molecule has 0 aliphatic rings. The zero-order valence-corrected chi connectivity index (χ0v) is 14.0. The van der Waals surface area contributed by atoms with E-state index in [1.807, 2.05) is 13.1 Å². The molecule has 0 aromatic rings. The zero-order valence-electron chi connectivity index (χ0n) is 13.0. The van der Waals surface area contributed by atoms with Crippen molar-refractivity contribution in [3.63, 3.8) is 0 Å². The van der Waals surface area contributed by atoms with E-state index in [1.165, 1.54) is 0 Å². The molecule has 0 saturated carbocycles. The van der Waals surface area contributed by atoms with Gasteiger partial charge in [0.2, 0.25) is 0 Å². The van der Waals surface area contributed by atoms with Gasteiger partial charge in [0.25, 0.3) is 0 Å². The van der Waals surface area contributed by atoms with E-state index in [0.29, 0.717) is 0 Å². The Morgan fingerprint density at radius 1 is 1.37 bits per heavy atom. The molecule has 0 spiro atoms. The third-order valence-electron chi connectivity index (χ3n) is 3.88. The number of nitrogens with one attached hydrogen (secondary N) is 1. The highest BCUT2D eigenvalue weighted by Gasteiger charge is 2.43. The van der Waals surface area contributed by atoms with Gasteiger partial charge >= 0.3 is 5.97 Å². The van der Waals surface area contributed by atoms with Crippen LogP contribution in [0.2, 0.25) is 18.1 Å². The molecule has 19 heavy (non-hydrogen) atoms. The lowest BCUT2D eigenvalue weighted by Gasteiger charge is -2.41. The van der Waals surface area contributed by atoms with E-state index >= 15 is 0 Å². The van der Waals surface area contributed by atoms with Crippen molar-refractivity contribution in [2.24, 2.45) is 5.92 Å². The molecule has 112 valence electrons. The smallest absolute Gasteiger partial charge is 0.323 e. The Morgan fingerprint density at radius 3 is 2.11 bits per heavy atom. The van der Waals surface area contributed by atoms with E-state index < -0.39 is 32.4 Å². The minimum Gasteiger partial charge on any atom is -0.480 e. The molecule has 0 amide bonds. The van der Waals surface area contributed by atoms with Crippen molar-refractivity contribution in [1.29, 1.82) is 0 Å². The normalized spacial score (nSPS) is 17.6. The maximum Gasteiger partial charge on any atom is 0.323 e. The fourth-order valence-corrected chi connectivity index (χ4v) is 2.89. The SMILES string of the molecule is CN[C@@H](C(=O)O)[C@H](O[Si](C)(C)C(C)(C)C)[C@@H](C)C=O. The average molecular weight is 289 g/mol. The molecule has 5 nitrogen and oxygen atoms in total. The Hall–Kier alpha value is -0.723. The lowest BCUT2D eigenvalue weighted by molar-refractivity contribution is -0.143. The Kier molecular flexibility index (Phi) is 6.38. The topological polar surface area (TPSA) is 75.6 Å². The molecule has 0 saturated heterocycles. The van der Waals surface area contributed by atoms with Crippen LogP contribution >= 0.6 is 0 Å². The number of carboxylic acid groups (broad SMARTS) is 1. The van der Waals surface area contributed by atoms with Crippen LogP contribution in [0.4, 0.5) is 0 Å². The van der Waals surface area contributed by atoms with E-state index in [9.17, 15) is 14.7 Å². The highest BCUT2D eigenvalue weighted by molar-refractivity contribution is 6.74. The van der Waals surface area contributed by atoms with Gasteiger partial charge in [0.05, 0.1) is 6.10 Å². The fourth-order valence-electron chi connectivity index (χ4n) is 1.50. The Morgan fingerprint density at radius 2 is 1.84 bits per heavy atom. The van der Waals surface area contributed by atoms with E-state index in [4.69, 9.17) is 4.43 Å². The Bertz CT molecular complexity index is 325. The van der Waals surface area contributed by atoms with Crippen molar-refractivity contribution in [1.82, 2.24) is 5.32 Å². The molecular formula is C13H27NO4Si. The van der Waals surface area contributed by atoms with E-state index in [0.717, 1.165) is 6.29 Å². The van der Waals surface area contributed by atoms with Gasteiger partial charge in [-0.1, -0.05) is 27.7 Å². The van der Waals surface area contributed by atoms with Gasteiger partial charge in [0.15, 0.2) is 8.32 Å². The van der Waals surface area contributed by atoms with Crippen molar-refractivity contribution in [2.75, 3.05) is 7.05 Å². The molecule has 0 bridgehead atoms. The first-order valence-electron chi connectivity index (χ1n) is 6.51. The quantitative estimate of drug-likeness (QED) is 0.553. The molecule has 0 aliphatic heterocycles. The summed E-state index contributed by atoms with van der Waals surface area (Å²) in [6, 6.07) is -0.880. The van der Waals surface area contributed by atoms with Crippen LogP contribution in [0.5, 0.6) is 0 Å². The Balaban J connectivity index is 5.29. The first-order chi connectivity index (χ1) is 8.47. The predicted octanol–water partition coefficient (Wildman–Crippen LogP) is 1.88. The molecule has 3 atom stereocenters. The van der Waals surface area contributed by atoms with Crippen LogP contribution in [0.1, 0.15) is 27.7 Å². The van der Waals surface area contributed by atoms with Crippen molar-refractivity contribution < 1.29 is 19.1 Å². The summed E-state index contributed by atoms with van der Waals surface area (Å²) in [6.45, 7) is 12.0. The number of carbonyl (C=O) groups excluding carboxylic acids is 1. The second-order valence-electron chi connectivity index (χ2n) is 6.44. The maximum atomic E-state index is 11.3. The molecule has 0 aromatic heterocycles. The summed E-state index contributed by atoms with van der Waals surface area (Å²) in [4.78, 5) is 22.3. The second-order valence-corrected chi connectivity index (χ2v) is 11.2. The lowest BCUT2D eigenvalue weighted by atomic mass is 9.99. The summed E-state index contributed by atoms with van der Waals surface area (Å²) in [5.74, 6) is -1.47. The number of carboxylic acids is 1. The number of rotatable bonds is 7. The molecule has 0 rings (SSSR count). The monoisotopic (exact) mass is 289 g/mol. The third kappa shape index (κ3) is 4.70. The number of aldehydes is 1. The molecule has 0 heterocycles. The summed E-state index contributed by atoms with van der Waals surface area (Å²) < 4.78 is 6.13. The molecule has 0 radical (unpaired) electrons. The van der Waals surface area contributed by atoms with E-state index in [2.05, 4.69) is 26.1 Å². The molecule has 0 fully saturated rings. The number of hydrogen-bond acceptors (Lipinski definition) is 4. The van der Waals surface area contributed by atoms with Crippen molar-refractivity contribution in [3.8, 4) is 0 Å². The largest absolute Gasteiger partial charge is 0.480 e. The van der Waals surface area contributed by atoms with Crippen LogP contribution in [-0.4, -0.2) is 44.9 Å². The minimum absolute atomic E-state index is 0.0371. The fraction of sp³-hybridized carbons (Fsp3) is 0.846. The highest BCUT2D eigenvalue weighted by Crippen LogP contribution is 2.38. The van der Waals surface area contributed by atoms with Gasteiger partial charge in [0.1, 0.15) is 12.3 Å². The summed E-state index contributed by atoms with van der Waals surface area (Å²) in [5.41, 5.74) is 0. The second kappa shape index (κ2) is 6.63. The average Bonchev–Trinajstić information content (AvgIpc) is 2.25. The number of hydrogen-bond donors (Lipinski definition) is 2. The van der Waals surface area contributed by atoms with Crippen molar-refractivity contribution in [2.45, 2.75) is 58.0 Å². The Labute approximate surface area is 116 Å². The molecule has 2 N–H and O–H groups in total. The van der Waals surface area contributed by atoms with Crippen molar-refractivity contribution >= 4 is 20.6 Å². The first kappa shape index (κ1) is 18.3. The van der Waals surface area contributed by atoms with Crippen molar-refractivity contribution in [3.05, 3.63) is 0 Å².